The molecule has 0 aromatic carbocycles. The van der Waals surface area contributed by atoms with Crippen LogP contribution in [0, 0.1) is 13.8 Å². The van der Waals surface area contributed by atoms with Crippen LogP contribution in [0.2, 0.25) is 0 Å². The quantitative estimate of drug-likeness (QED) is 0.865. The van der Waals surface area contributed by atoms with Crippen LogP contribution in [0.1, 0.15) is 41.6 Å². The van der Waals surface area contributed by atoms with Crippen molar-refractivity contribution in [3.05, 3.63) is 27.9 Å². The predicted molar refractivity (Wildman–Crippen MR) is 74.6 cm³/mol. The Bertz CT molecular complexity index is 544. The molecule has 0 amide bonds. The molecular weight excluding hydrogens is 276 g/mol. The molecule has 2 atom stereocenters. The Balaban J connectivity index is 1.71. The van der Waals surface area contributed by atoms with E-state index in [0.29, 0.717) is 18.4 Å². The fraction of sp³-hybridized carbons (Fsp3) is 0.615. The fourth-order valence-corrected chi connectivity index (χ4v) is 3.16. The highest BCUT2D eigenvalue weighted by Crippen LogP contribution is 2.29. The van der Waals surface area contributed by atoms with Gasteiger partial charge in [-0.2, -0.15) is 0 Å². The topological polar surface area (TPSA) is 64.3 Å². The summed E-state index contributed by atoms with van der Waals surface area (Å²) in [4.78, 5) is 6.82. The molecule has 20 heavy (non-hydrogen) atoms. The lowest BCUT2D eigenvalue weighted by Crippen LogP contribution is -2.40. The van der Waals surface area contributed by atoms with Crippen LogP contribution in [-0.2, 0) is 4.74 Å². The van der Waals surface area contributed by atoms with Gasteiger partial charge in [-0.15, -0.1) is 21.5 Å². The molecule has 0 radical (unpaired) electrons. The minimum atomic E-state index is 0.0360. The smallest absolute Gasteiger partial charge is 0.233 e. The van der Waals surface area contributed by atoms with Gasteiger partial charge in [-0.25, -0.2) is 4.98 Å². The first kappa shape index (κ1) is 13.7. The molecule has 6 nitrogen and oxygen atoms in total. The Morgan fingerprint density at radius 3 is 2.90 bits per heavy atom. The molecule has 0 N–H and O–H groups in total. The van der Waals surface area contributed by atoms with Crippen molar-refractivity contribution >= 4 is 11.3 Å². The Morgan fingerprint density at radius 1 is 1.40 bits per heavy atom. The van der Waals surface area contributed by atoms with Gasteiger partial charge in [0.25, 0.3) is 0 Å². The van der Waals surface area contributed by atoms with Gasteiger partial charge < -0.3 is 9.15 Å². The first-order valence-electron chi connectivity index (χ1n) is 6.71. The van der Waals surface area contributed by atoms with Crippen LogP contribution in [0.25, 0.3) is 0 Å². The normalized spacial score (nSPS) is 22.1. The van der Waals surface area contributed by atoms with E-state index in [0.717, 1.165) is 23.8 Å². The monoisotopic (exact) mass is 294 g/mol. The molecule has 3 heterocycles. The zero-order valence-corrected chi connectivity index (χ0v) is 12.7. The van der Waals surface area contributed by atoms with Gasteiger partial charge in [0.1, 0.15) is 11.1 Å². The lowest BCUT2D eigenvalue weighted by Gasteiger charge is -2.34. The molecule has 7 heteroatoms. The fourth-order valence-electron chi connectivity index (χ4n) is 2.33. The van der Waals surface area contributed by atoms with Crippen LogP contribution in [0.15, 0.2) is 9.80 Å². The number of aromatic nitrogens is 3. The SMILES string of the molecule is Cc1csc(C2CN(C(C)c3nnc(C)o3)CCO2)n1. The van der Waals surface area contributed by atoms with E-state index < -0.39 is 0 Å². The predicted octanol–water partition coefficient (Wildman–Crippen LogP) is 2.28. The number of nitrogens with zero attached hydrogens (tertiary/aromatic N) is 4. The summed E-state index contributed by atoms with van der Waals surface area (Å²) < 4.78 is 11.4. The molecule has 1 fully saturated rings. The van der Waals surface area contributed by atoms with Gasteiger partial charge in [0.05, 0.1) is 12.6 Å². The van der Waals surface area contributed by atoms with Crippen molar-refractivity contribution in [2.75, 3.05) is 19.7 Å². The Morgan fingerprint density at radius 2 is 2.25 bits per heavy atom. The van der Waals surface area contributed by atoms with E-state index in [4.69, 9.17) is 9.15 Å². The van der Waals surface area contributed by atoms with E-state index in [9.17, 15) is 0 Å². The molecule has 1 aliphatic heterocycles. The lowest BCUT2D eigenvalue weighted by molar-refractivity contribution is -0.0465. The number of hydrogen-bond acceptors (Lipinski definition) is 7. The van der Waals surface area contributed by atoms with Crippen LogP contribution in [0.4, 0.5) is 0 Å². The Labute approximate surface area is 121 Å². The van der Waals surface area contributed by atoms with Crippen molar-refractivity contribution < 1.29 is 9.15 Å². The molecule has 0 spiro atoms. The third kappa shape index (κ3) is 2.74. The second-order valence-electron chi connectivity index (χ2n) is 5.02. The summed E-state index contributed by atoms with van der Waals surface area (Å²) >= 11 is 1.66. The van der Waals surface area contributed by atoms with E-state index >= 15 is 0 Å². The highest BCUT2D eigenvalue weighted by molar-refractivity contribution is 7.09. The second kappa shape index (κ2) is 5.59. The number of morpholine rings is 1. The number of aryl methyl sites for hydroxylation is 2. The number of hydrogen-bond donors (Lipinski definition) is 0. The summed E-state index contributed by atoms with van der Waals surface area (Å²) in [7, 11) is 0. The molecule has 2 unspecified atom stereocenters. The molecule has 0 saturated carbocycles. The van der Waals surface area contributed by atoms with Gasteiger partial charge >= 0.3 is 0 Å². The molecule has 108 valence electrons. The van der Waals surface area contributed by atoms with Gasteiger partial charge in [0.15, 0.2) is 0 Å². The molecule has 2 aromatic heterocycles. The minimum absolute atomic E-state index is 0.0360. The maximum Gasteiger partial charge on any atom is 0.233 e. The van der Waals surface area contributed by atoms with Crippen molar-refractivity contribution in [1.82, 2.24) is 20.1 Å². The van der Waals surface area contributed by atoms with Crippen molar-refractivity contribution in [1.29, 1.82) is 0 Å². The Hall–Kier alpha value is -1.31. The summed E-state index contributed by atoms with van der Waals surface area (Å²) in [5.74, 6) is 1.27. The van der Waals surface area contributed by atoms with Crippen LogP contribution < -0.4 is 0 Å². The number of rotatable bonds is 3. The maximum absolute atomic E-state index is 5.84. The average molecular weight is 294 g/mol. The Kier molecular flexibility index (Phi) is 3.82. The van der Waals surface area contributed by atoms with Crippen molar-refractivity contribution in [3.63, 3.8) is 0 Å². The third-order valence-corrected chi connectivity index (χ3v) is 4.51. The van der Waals surface area contributed by atoms with Crippen molar-refractivity contribution in [2.45, 2.75) is 32.9 Å². The standard InChI is InChI=1S/C13H18N4O2S/c1-8-7-20-13(14-8)11-6-17(4-5-18-11)9(2)12-16-15-10(3)19-12/h7,9,11H,4-6H2,1-3H3. The largest absolute Gasteiger partial charge is 0.424 e. The molecule has 0 bridgehead atoms. The van der Waals surface area contributed by atoms with E-state index in [1.165, 1.54) is 0 Å². The van der Waals surface area contributed by atoms with E-state index in [-0.39, 0.29) is 12.1 Å². The zero-order valence-electron chi connectivity index (χ0n) is 11.9. The van der Waals surface area contributed by atoms with E-state index in [1.54, 1.807) is 11.3 Å². The summed E-state index contributed by atoms with van der Waals surface area (Å²) in [6.07, 6.45) is 0.0360. The van der Waals surface area contributed by atoms with Gasteiger partial charge in [-0.3, -0.25) is 4.90 Å². The first-order valence-corrected chi connectivity index (χ1v) is 7.59. The highest BCUT2D eigenvalue weighted by Gasteiger charge is 2.29. The van der Waals surface area contributed by atoms with Crippen LogP contribution in [0.3, 0.4) is 0 Å². The molecule has 3 rings (SSSR count). The molecule has 2 aromatic rings. The highest BCUT2D eigenvalue weighted by atomic mass is 32.1. The van der Waals surface area contributed by atoms with Crippen LogP contribution >= 0.6 is 11.3 Å². The molecule has 0 aliphatic carbocycles. The summed E-state index contributed by atoms with van der Waals surface area (Å²) in [6, 6.07) is 0.101. The summed E-state index contributed by atoms with van der Waals surface area (Å²) in [6.45, 7) is 8.26. The molecule has 1 aliphatic rings. The zero-order chi connectivity index (χ0) is 14.1. The van der Waals surface area contributed by atoms with Crippen molar-refractivity contribution in [3.8, 4) is 0 Å². The van der Waals surface area contributed by atoms with Gasteiger partial charge in [-0.1, -0.05) is 0 Å². The average Bonchev–Trinajstić information content (AvgIpc) is 3.07. The number of thiazole rings is 1. The van der Waals surface area contributed by atoms with E-state index in [2.05, 4.69) is 32.4 Å². The first-order chi connectivity index (χ1) is 9.63. The van der Waals surface area contributed by atoms with Crippen LogP contribution in [0.5, 0.6) is 0 Å². The van der Waals surface area contributed by atoms with E-state index in [1.807, 2.05) is 13.8 Å². The second-order valence-corrected chi connectivity index (χ2v) is 5.91. The van der Waals surface area contributed by atoms with Gasteiger partial charge in [-0.05, 0) is 13.8 Å². The summed E-state index contributed by atoms with van der Waals surface area (Å²) in [5, 5.41) is 11.1. The summed E-state index contributed by atoms with van der Waals surface area (Å²) in [5.41, 5.74) is 1.05. The molecular formula is C13H18N4O2S. The van der Waals surface area contributed by atoms with Gasteiger partial charge in [0, 0.05) is 31.1 Å². The number of ether oxygens (including phenoxy) is 1. The third-order valence-electron chi connectivity index (χ3n) is 3.46. The minimum Gasteiger partial charge on any atom is -0.424 e. The lowest BCUT2D eigenvalue weighted by atomic mass is 10.2. The molecule has 1 saturated heterocycles. The van der Waals surface area contributed by atoms with Crippen LogP contribution in [-0.4, -0.2) is 39.8 Å². The van der Waals surface area contributed by atoms with Crippen molar-refractivity contribution in [2.24, 2.45) is 0 Å². The maximum atomic E-state index is 5.84. The van der Waals surface area contributed by atoms with Gasteiger partial charge in [0.2, 0.25) is 11.8 Å².